The number of anilines is 2. The molecule has 2 aromatic rings. The molecule has 1 aliphatic carbocycles. The van der Waals surface area contributed by atoms with Crippen molar-refractivity contribution < 1.29 is 21.6 Å². The molecule has 0 radical (unpaired) electrons. The van der Waals surface area contributed by atoms with Gasteiger partial charge in [-0.1, -0.05) is 13.0 Å². The zero-order valence-electron chi connectivity index (χ0n) is 16.1. The first-order valence-electron chi connectivity index (χ1n) is 9.16. The average molecular weight is 438 g/mol. The van der Waals surface area contributed by atoms with Crippen molar-refractivity contribution in [2.75, 3.05) is 10.0 Å². The van der Waals surface area contributed by atoms with Crippen LogP contribution in [0.4, 0.5) is 11.4 Å². The summed E-state index contributed by atoms with van der Waals surface area (Å²) in [4.78, 5) is 11.5. The molecule has 0 bridgehead atoms. The van der Waals surface area contributed by atoms with Gasteiger partial charge < -0.3 is 5.32 Å². The Balaban J connectivity index is 1.80. The topological polar surface area (TPSA) is 121 Å². The van der Waals surface area contributed by atoms with Gasteiger partial charge in [0, 0.05) is 18.2 Å². The van der Waals surface area contributed by atoms with Gasteiger partial charge in [-0.05, 0) is 61.7 Å². The van der Waals surface area contributed by atoms with E-state index in [4.69, 9.17) is 0 Å². The molecule has 0 spiro atoms. The fourth-order valence-electron chi connectivity index (χ4n) is 2.55. The van der Waals surface area contributed by atoms with Crippen LogP contribution in [0, 0.1) is 6.92 Å². The third-order valence-corrected chi connectivity index (χ3v) is 7.35. The number of sulfonamides is 2. The molecule has 2 aromatic carbocycles. The third-order valence-electron chi connectivity index (χ3n) is 4.43. The minimum atomic E-state index is -3.94. The number of hydrogen-bond donors (Lipinski definition) is 3. The Hall–Kier alpha value is -2.43. The summed E-state index contributed by atoms with van der Waals surface area (Å²) >= 11 is 0. The highest BCUT2D eigenvalue weighted by Crippen LogP contribution is 2.25. The van der Waals surface area contributed by atoms with Gasteiger partial charge in [-0.3, -0.25) is 9.52 Å². The second kappa shape index (κ2) is 8.13. The van der Waals surface area contributed by atoms with Crippen molar-refractivity contribution in [1.29, 1.82) is 0 Å². The number of benzene rings is 2. The van der Waals surface area contributed by atoms with Gasteiger partial charge in [0.2, 0.25) is 15.9 Å². The molecule has 1 amide bonds. The van der Waals surface area contributed by atoms with Crippen molar-refractivity contribution in [3.8, 4) is 0 Å². The van der Waals surface area contributed by atoms with E-state index in [1.54, 1.807) is 32.0 Å². The van der Waals surface area contributed by atoms with E-state index in [-0.39, 0.29) is 21.7 Å². The lowest BCUT2D eigenvalue weighted by Gasteiger charge is -2.13. The molecule has 1 aliphatic rings. The summed E-state index contributed by atoms with van der Waals surface area (Å²) < 4.78 is 54.9. The van der Waals surface area contributed by atoms with Gasteiger partial charge in [-0.15, -0.1) is 0 Å². The molecule has 3 rings (SSSR count). The van der Waals surface area contributed by atoms with E-state index in [0.29, 0.717) is 23.4 Å². The molecule has 3 N–H and O–H groups in total. The maximum absolute atomic E-state index is 12.7. The zero-order chi connectivity index (χ0) is 21.2. The standard InChI is InChI=1S/C19H23N3O5S2/c1-3-19(23)20-15-5-4-13(2)18(12-15)22-29(26,27)17-10-8-16(9-11-17)28(24,25)21-14-6-7-14/h4-5,8-12,14,21-22H,3,6-7H2,1-2H3,(H,20,23). The van der Waals surface area contributed by atoms with Crippen LogP contribution in [0.5, 0.6) is 0 Å². The molecule has 1 fully saturated rings. The van der Waals surface area contributed by atoms with Gasteiger partial charge in [0.1, 0.15) is 0 Å². The van der Waals surface area contributed by atoms with Crippen LogP contribution in [0.3, 0.4) is 0 Å². The Kier molecular flexibility index (Phi) is 5.97. The molecular weight excluding hydrogens is 414 g/mol. The molecule has 29 heavy (non-hydrogen) atoms. The Bertz CT molecular complexity index is 1120. The van der Waals surface area contributed by atoms with Crippen LogP contribution in [0.2, 0.25) is 0 Å². The van der Waals surface area contributed by atoms with Crippen molar-refractivity contribution in [3.05, 3.63) is 48.0 Å². The van der Waals surface area contributed by atoms with Crippen LogP contribution in [0.25, 0.3) is 0 Å². The highest BCUT2D eigenvalue weighted by atomic mass is 32.2. The van der Waals surface area contributed by atoms with Gasteiger partial charge in [0.25, 0.3) is 10.0 Å². The number of aryl methyl sites for hydroxylation is 1. The predicted molar refractivity (Wildman–Crippen MR) is 111 cm³/mol. The summed E-state index contributed by atoms with van der Waals surface area (Å²) in [5.41, 5.74) is 1.48. The van der Waals surface area contributed by atoms with E-state index in [1.807, 2.05) is 0 Å². The molecule has 0 heterocycles. The molecule has 0 aliphatic heterocycles. The molecule has 10 heteroatoms. The predicted octanol–water partition coefficient (Wildman–Crippen LogP) is 2.59. The fourth-order valence-corrected chi connectivity index (χ4v) is 4.98. The Morgan fingerprint density at radius 3 is 2.10 bits per heavy atom. The quantitative estimate of drug-likeness (QED) is 0.586. The molecular formula is C19H23N3O5S2. The minimum absolute atomic E-state index is 0.0174. The van der Waals surface area contributed by atoms with E-state index >= 15 is 0 Å². The lowest BCUT2D eigenvalue weighted by molar-refractivity contribution is -0.115. The lowest BCUT2D eigenvalue weighted by Crippen LogP contribution is -2.25. The summed E-state index contributed by atoms with van der Waals surface area (Å²) in [5.74, 6) is -0.181. The zero-order valence-corrected chi connectivity index (χ0v) is 17.7. The summed E-state index contributed by atoms with van der Waals surface area (Å²) in [6.45, 7) is 3.46. The summed E-state index contributed by atoms with van der Waals surface area (Å²) in [5, 5.41) is 2.68. The lowest BCUT2D eigenvalue weighted by atomic mass is 10.2. The van der Waals surface area contributed by atoms with Crippen LogP contribution < -0.4 is 14.8 Å². The highest BCUT2D eigenvalue weighted by molar-refractivity contribution is 7.92. The molecule has 0 aromatic heterocycles. The maximum atomic E-state index is 12.7. The van der Waals surface area contributed by atoms with Crippen LogP contribution in [-0.2, 0) is 24.8 Å². The summed E-state index contributed by atoms with van der Waals surface area (Å²) in [7, 11) is -7.59. The van der Waals surface area contributed by atoms with E-state index in [9.17, 15) is 21.6 Å². The molecule has 8 nitrogen and oxygen atoms in total. The van der Waals surface area contributed by atoms with E-state index in [2.05, 4.69) is 14.8 Å². The van der Waals surface area contributed by atoms with E-state index in [0.717, 1.165) is 12.8 Å². The number of carbonyl (C=O) groups excluding carboxylic acids is 1. The van der Waals surface area contributed by atoms with Gasteiger partial charge in [0.15, 0.2) is 0 Å². The average Bonchev–Trinajstić information content (AvgIpc) is 3.47. The maximum Gasteiger partial charge on any atom is 0.261 e. The van der Waals surface area contributed by atoms with Crippen LogP contribution >= 0.6 is 0 Å². The normalized spacial score (nSPS) is 14.4. The number of hydrogen-bond acceptors (Lipinski definition) is 5. The van der Waals surface area contributed by atoms with Gasteiger partial charge in [0.05, 0.1) is 15.5 Å². The first-order chi connectivity index (χ1) is 13.6. The SMILES string of the molecule is CCC(=O)Nc1ccc(C)c(NS(=O)(=O)c2ccc(S(=O)(=O)NC3CC3)cc2)c1. The van der Waals surface area contributed by atoms with Crippen molar-refractivity contribution in [2.45, 2.75) is 48.9 Å². The number of nitrogens with one attached hydrogen (secondary N) is 3. The summed E-state index contributed by atoms with van der Waals surface area (Å²) in [6, 6.07) is 9.93. The van der Waals surface area contributed by atoms with Gasteiger partial charge >= 0.3 is 0 Å². The minimum Gasteiger partial charge on any atom is -0.326 e. The molecule has 0 unspecified atom stereocenters. The first-order valence-corrected chi connectivity index (χ1v) is 12.1. The van der Waals surface area contributed by atoms with Crippen LogP contribution in [-0.4, -0.2) is 28.8 Å². The van der Waals surface area contributed by atoms with E-state index in [1.165, 1.54) is 24.3 Å². The highest BCUT2D eigenvalue weighted by Gasteiger charge is 2.28. The monoisotopic (exact) mass is 437 g/mol. The van der Waals surface area contributed by atoms with Crippen LogP contribution in [0.1, 0.15) is 31.7 Å². The Morgan fingerprint density at radius 1 is 0.966 bits per heavy atom. The largest absolute Gasteiger partial charge is 0.326 e. The molecule has 0 saturated heterocycles. The molecule has 0 atom stereocenters. The fraction of sp³-hybridized carbons (Fsp3) is 0.316. The second-order valence-corrected chi connectivity index (χ2v) is 10.3. The Morgan fingerprint density at radius 2 is 1.55 bits per heavy atom. The first kappa shape index (κ1) is 21.3. The second-order valence-electron chi connectivity index (χ2n) is 6.90. The molecule has 1 saturated carbocycles. The van der Waals surface area contributed by atoms with Crippen LogP contribution in [0.15, 0.2) is 52.3 Å². The van der Waals surface area contributed by atoms with Gasteiger partial charge in [-0.25, -0.2) is 21.6 Å². The van der Waals surface area contributed by atoms with Gasteiger partial charge in [-0.2, -0.15) is 0 Å². The van der Waals surface area contributed by atoms with Crippen molar-refractivity contribution in [2.24, 2.45) is 0 Å². The van der Waals surface area contributed by atoms with Crippen molar-refractivity contribution in [3.63, 3.8) is 0 Å². The number of amides is 1. The number of rotatable bonds is 8. The van der Waals surface area contributed by atoms with Crippen molar-refractivity contribution >= 4 is 37.3 Å². The molecule has 156 valence electrons. The number of carbonyl (C=O) groups is 1. The van der Waals surface area contributed by atoms with Crippen molar-refractivity contribution in [1.82, 2.24) is 4.72 Å². The van der Waals surface area contributed by atoms with E-state index < -0.39 is 20.0 Å². The third kappa shape index (κ3) is 5.34. The Labute approximate surface area is 170 Å². The smallest absolute Gasteiger partial charge is 0.261 e. The summed E-state index contributed by atoms with van der Waals surface area (Å²) in [6.07, 6.45) is 1.93.